The van der Waals surface area contributed by atoms with Crippen molar-refractivity contribution < 1.29 is 9.59 Å². The van der Waals surface area contributed by atoms with Gasteiger partial charge in [0, 0.05) is 31.5 Å². The Hall–Kier alpha value is -2.69. The molecule has 5 heteroatoms. The number of nitrogens with zero attached hydrogens (tertiary/aromatic N) is 2. The minimum atomic E-state index is -0.188. The second-order valence-electron chi connectivity index (χ2n) is 6.94. The minimum absolute atomic E-state index is 0.0317. The van der Waals surface area contributed by atoms with Crippen molar-refractivity contribution in [3.8, 4) is 0 Å². The summed E-state index contributed by atoms with van der Waals surface area (Å²) >= 11 is 0. The van der Waals surface area contributed by atoms with E-state index in [9.17, 15) is 9.59 Å². The first-order chi connectivity index (χ1) is 13.0. The van der Waals surface area contributed by atoms with Crippen molar-refractivity contribution >= 4 is 11.8 Å². The monoisotopic (exact) mass is 367 g/mol. The smallest absolute Gasteiger partial charge is 0.255 e. The van der Waals surface area contributed by atoms with Crippen LogP contribution in [0, 0.1) is 0 Å². The van der Waals surface area contributed by atoms with Gasteiger partial charge < -0.3 is 10.2 Å². The SMILES string of the molecule is CCCCCNC(=O)c1cncc(C(=O)N(Cc2ccccc2)C(C)C)c1. The lowest BCUT2D eigenvalue weighted by Crippen LogP contribution is -2.36. The number of benzene rings is 1. The van der Waals surface area contributed by atoms with Gasteiger partial charge >= 0.3 is 0 Å². The van der Waals surface area contributed by atoms with Gasteiger partial charge in [-0.3, -0.25) is 14.6 Å². The van der Waals surface area contributed by atoms with Gasteiger partial charge in [0.15, 0.2) is 0 Å². The molecule has 0 radical (unpaired) electrons. The van der Waals surface area contributed by atoms with Crippen LogP contribution in [0.5, 0.6) is 0 Å². The van der Waals surface area contributed by atoms with E-state index in [4.69, 9.17) is 0 Å². The van der Waals surface area contributed by atoms with Gasteiger partial charge in [0.05, 0.1) is 11.1 Å². The van der Waals surface area contributed by atoms with Crippen LogP contribution in [-0.2, 0) is 6.54 Å². The molecule has 2 rings (SSSR count). The van der Waals surface area contributed by atoms with Gasteiger partial charge in [-0.15, -0.1) is 0 Å². The number of aromatic nitrogens is 1. The number of amides is 2. The van der Waals surface area contributed by atoms with Crippen LogP contribution in [-0.4, -0.2) is 34.3 Å². The first-order valence-corrected chi connectivity index (χ1v) is 9.61. The first kappa shape index (κ1) is 20.6. The molecule has 0 aliphatic heterocycles. The summed E-state index contributed by atoms with van der Waals surface area (Å²) in [6.07, 6.45) is 6.17. The number of hydrogen-bond donors (Lipinski definition) is 1. The highest BCUT2D eigenvalue weighted by Gasteiger charge is 2.20. The molecule has 2 aromatic rings. The van der Waals surface area contributed by atoms with Crippen molar-refractivity contribution in [1.82, 2.24) is 15.2 Å². The molecule has 0 saturated heterocycles. The average Bonchev–Trinajstić information content (AvgIpc) is 2.69. The fourth-order valence-electron chi connectivity index (χ4n) is 2.79. The molecule has 1 N–H and O–H groups in total. The van der Waals surface area contributed by atoms with Crippen LogP contribution in [0.4, 0.5) is 0 Å². The predicted octanol–water partition coefficient (Wildman–Crippen LogP) is 4.05. The number of pyridine rings is 1. The summed E-state index contributed by atoms with van der Waals surface area (Å²) in [7, 11) is 0. The number of carbonyl (C=O) groups excluding carboxylic acids is 2. The lowest BCUT2D eigenvalue weighted by atomic mass is 10.1. The Morgan fingerprint density at radius 1 is 1.07 bits per heavy atom. The molecule has 144 valence electrons. The summed E-state index contributed by atoms with van der Waals surface area (Å²) < 4.78 is 0. The molecule has 0 bridgehead atoms. The van der Waals surface area contributed by atoms with E-state index < -0.39 is 0 Å². The van der Waals surface area contributed by atoms with Crippen LogP contribution >= 0.6 is 0 Å². The van der Waals surface area contributed by atoms with Crippen molar-refractivity contribution in [2.24, 2.45) is 0 Å². The predicted molar refractivity (Wildman–Crippen MR) is 108 cm³/mol. The first-order valence-electron chi connectivity index (χ1n) is 9.61. The molecule has 0 unspecified atom stereocenters. The average molecular weight is 367 g/mol. The molecule has 2 amide bonds. The fraction of sp³-hybridized carbons (Fsp3) is 0.409. The second-order valence-corrected chi connectivity index (χ2v) is 6.94. The van der Waals surface area contributed by atoms with Gasteiger partial charge in [-0.2, -0.15) is 0 Å². The van der Waals surface area contributed by atoms with Crippen LogP contribution in [0.1, 0.15) is 66.3 Å². The number of rotatable bonds is 9. The molecule has 0 atom stereocenters. The largest absolute Gasteiger partial charge is 0.352 e. The summed E-state index contributed by atoms with van der Waals surface area (Å²) in [6.45, 7) is 7.25. The third-order valence-electron chi connectivity index (χ3n) is 4.39. The molecule has 0 spiro atoms. The molecule has 5 nitrogen and oxygen atoms in total. The summed E-state index contributed by atoms with van der Waals surface area (Å²) in [4.78, 5) is 31.2. The lowest BCUT2D eigenvalue weighted by molar-refractivity contribution is 0.0690. The number of nitrogens with one attached hydrogen (secondary N) is 1. The Morgan fingerprint density at radius 3 is 2.44 bits per heavy atom. The molecular weight excluding hydrogens is 338 g/mol. The van der Waals surface area contributed by atoms with E-state index in [-0.39, 0.29) is 17.9 Å². The van der Waals surface area contributed by atoms with Gasteiger partial charge in [-0.25, -0.2) is 0 Å². The Bertz CT molecular complexity index is 744. The maximum absolute atomic E-state index is 13.0. The van der Waals surface area contributed by atoms with E-state index in [1.165, 1.54) is 12.4 Å². The van der Waals surface area contributed by atoms with Crippen molar-refractivity contribution in [1.29, 1.82) is 0 Å². The number of carbonyl (C=O) groups is 2. The summed E-state index contributed by atoms with van der Waals surface area (Å²) in [5, 5.41) is 2.89. The van der Waals surface area contributed by atoms with Crippen LogP contribution in [0.15, 0.2) is 48.8 Å². The Kier molecular flexibility index (Phi) is 7.99. The van der Waals surface area contributed by atoms with Gasteiger partial charge in [-0.05, 0) is 31.9 Å². The van der Waals surface area contributed by atoms with E-state index in [2.05, 4.69) is 17.2 Å². The van der Waals surface area contributed by atoms with Gasteiger partial charge in [0.2, 0.25) is 0 Å². The molecule has 0 fully saturated rings. The summed E-state index contributed by atoms with van der Waals surface area (Å²) in [5.74, 6) is -0.311. The van der Waals surface area contributed by atoms with Crippen LogP contribution < -0.4 is 5.32 Å². The van der Waals surface area contributed by atoms with E-state index in [1.807, 2.05) is 44.2 Å². The molecule has 0 aliphatic rings. The fourth-order valence-corrected chi connectivity index (χ4v) is 2.79. The van der Waals surface area contributed by atoms with Crippen molar-refractivity contribution in [3.63, 3.8) is 0 Å². The zero-order valence-electron chi connectivity index (χ0n) is 16.4. The van der Waals surface area contributed by atoms with E-state index in [1.54, 1.807) is 11.0 Å². The highest BCUT2D eigenvalue weighted by molar-refractivity contribution is 5.99. The highest BCUT2D eigenvalue weighted by Crippen LogP contribution is 2.14. The molecule has 0 saturated carbocycles. The van der Waals surface area contributed by atoms with Gasteiger partial charge in [0.1, 0.15) is 0 Å². The number of unbranched alkanes of at least 4 members (excludes halogenated alkanes) is 2. The standard InChI is InChI=1S/C22H29N3O2/c1-4-5-9-12-24-21(26)19-13-20(15-23-14-19)22(27)25(17(2)3)16-18-10-7-6-8-11-18/h6-8,10-11,13-15,17H,4-5,9,12,16H2,1-3H3,(H,24,26). The zero-order valence-corrected chi connectivity index (χ0v) is 16.4. The minimum Gasteiger partial charge on any atom is -0.352 e. The van der Waals surface area contributed by atoms with Crippen LogP contribution in [0.3, 0.4) is 0 Å². The van der Waals surface area contributed by atoms with Crippen molar-refractivity contribution in [2.75, 3.05) is 6.54 Å². The van der Waals surface area contributed by atoms with Crippen molar-refractivity contribution in [3.05, 3.63) is 65.5 Å². The zero-order chi connectivity index (χ0) is 19.6. The second kappa shape index (κ2) is 10.5. The van der Waals surface area contributed by atoms with E-state index in [0.29, 0.717) is 24.2 Å². The van der Waals surface area contributed by atoms with Crippen LogP contribution in [0.2, 0.25) is 0 Å². The number of hydrogen-bond acceptors (Lipinski definition) is 3. The Morgan fingerprint density at radius 2 is 1.78 bits per heavy atom. The Balaban J connectivity index is 2.10. The van der Waals surface area contributed by atoms with Gasteiger partial charge in [-0.1, -0.05) is 50.1 Å². The Labute approximate surface area is 161 Å². The maximum atomic E-state index is 13.0. The molecule has 27 heavy (non-hydrogen) atoms. The summed E-state index contributed by atoms with van der Waals surface area (Å²) in [5.41, 5.74) is 1.92. The molecule has 0 aliphatic carbocycles. The molecule has 1 aromatic heterocycles. The van der Waals surface area contributed by atoms with Crippen LogP contribution in [0.25, 0.3) is 0 Å². The molecular formula is C22H29N3O2. The topological polar surface area (TPSA) is 62.3 Å². The maximum Gasteiger partial charge on any atom is 0.255 e. The molecule has 1 aromatic carbocycles. The molecule has 1 heterocycles. The lowest BCUT2D eigenvalue weighted by Gasteiger charge is -2.27. The third kappa shape index (κ3) is 6.20. The van der Waals surface area contributed by atoms with Gasteiger partial charge in [0.25, 0.3) is 11.8 Å². The van der Waals surface area contributed by atoms with Crippen molar-refractivity contribution in [2.45, 2.75) is 52.6 Å². The highest BCUT2D eigenvalue weighted by atomic mass is 16.2. The quantitative estimate of drug-likeness (QED) is 0.680. The van der Waals surface area contributed by atoms with E-state index >= 15 is 0 Å². The normalized spacial score (nSPS) is 10.7. The third-order valence-corrected chi connectivity index (χ3v) is 4.39. The van der Waals surface area contributed by atoms with E-state index in [0.717, 1.165) is 24.8 Å². The summed E-state index contributed by atoms with van der Waals surface area (Å²) in [6, 6.07) is 11.5.